The number of halogens is 1. The van der Waals surface area contributed by atoms with E-state index in [-0.39, 0.29) is 0 Å². The first kappa shape index (κ1) is 6.42. The fourth-order valence-corrected chi connectivity index (χ4v) is 0.836. The van der Waals surface area contributed by atoms with E-state index in [1.54, 1.807) is 4.57 Å². The molecule has 1 aromatic heterocycles. The van der Waals surface area contributed by atoms with Gasteiger partial charge in [0.05, 0.1) is 0 Å². The molecular weight excluding hydrogens is 138 g/mol. The van der Waals surface area contributed by atoms with Crippen molar-refractivity contribution in [3.63, 3.8) is 0 Å². The topological polar surface area (TPSA) is 43.8 Å². The molecule has 0 aliphatic rings. The molecule has 50 valence electrons. The summed E-state index contributed by atoms with van der Waals surface area (Å²) in [5.74, 6) is 1.35. The third-order valence-electron chi connectivity index (χ3n) is 1.32. The van der Waals surface area contributed by atoms with Crippen molar-refractivity contribution < 1.29 is 0 Å². The molecule has 0 amide bonds. The van der Waals surface area contributed by atoms with E-state index in [4.69, 9.17) is 17.3 Å². The fourth-order valence-electron chi connectivity index (χ4n) is 0.587. The summed E-state index contributed by atoms with van der Waals surface area (Å²) in [5.41, 5.74) is 5.47. The van der Waals surface area contributed by atoms with Crippen LogP contribution in [-0.4, -0.2) is 9.55 Å². The standard InChI is InChI=1S/C5H8ClN3/c1-3-8-4(6)5(7)9(3)2/h7H2,1-2H3. The van der Waals surface area contributed by atoms with E-state index in [9.17, 15) is 0 Å². The molecule has 3 nitrogen and oxygen atoms in total. The van der Waals surface area contributed by atoms with Gasteiger partial charge in [-0.1, -0.05) is 11.6 Å². The highest BCUT2D eigenvalue weighted by molar-refractivity contribution is 6.31. The maximum atomic E-state index is 5.58. The van der Waals surface area contributed by atoms with Crippen molar-refractivity contribution in [1.29, 1.82) is 0 Å². The Hall–Kier alpha value is -0.700. The van der Waals surface area contributed by atoms with Crippen molar-refractivity contribution in [2.45, 2.75) is 6.92 Å². The van der Waals surface area contributed by atoms with Gasteiger partial charge in [0, 0.05) is 7.05 Å². The molecule has 0 radical (unpaired) electrons. The summed E-state index contributed by atoms with van der Waals surface area (Å²) in [5, 5.41) is 0.384. The fraction of sp³-hybridized carbons (Fsp3) is 0.400. The highest BCUT2D eigenvalue weighted by Gasteiger charge is 2.03. The van der Waals surface area contributed by atoms with Crippen LogP contribution in [0.2, 0.25) is 5.15 Å². The number of nitrogens with zero attached hydrogens (tertiary/aromatic N) is 2. The molecule has 1 rings (SSSR count). The maximum absolute atomic E-state index is 5.58. The Bertz CT molecular complexity index is 206. The summed E-state index contributed by atoms with van der Waals surface area (Å²) < 4.78 is 1.74. The molecule has 0 aromatic carbocycles. The Morgan fingerprint density at radius 3 is 2.33 bits per heavy atom. The van der Waals surface area contributed by atoms with E-state index >= 15 is 0 Å². The Balaban J connectivity index is 3.29. The van der Waals surface area contributed by atoms with Gasteiger partial charge in [-0.05, 0) is 6.92 Å². The van der Waals surface area contributed by atoms with Crippen LogP contribution in [0.5, 0.6) is 0 Å². The predicted octanol–water partition coefficient (Wildman–Crippen LogP) is 0.964. The van der Waals surface area contributed by atoms with E-state index in [1.165, 1.54) is 0 Å². The molecule has 0 unspecified atom stereocenters. The van der Waals surface area contributed by atoms with Gasteiger partial charge >= 0.3 is 0 Å². The third kappa shape index (κ3) is 0.876. The second-order valence-corrected chi connectivity index (χ2v) is 2.25. The van der Waals surface area contributed by atoms with Crippen molar-refractivity contribution in [3.8, 4) is 0 Å². The van der Waals surface area contributed by atoms with Crippen molar-refractivity contribution in [2.75, 3.05) is 5.73 Å². The quantitative estimate of drug-likeness (QED) is 0.591. The zero-order valence-electron chi connectivity index (χ0n) is 5.35. The molecule has 0 bridgehead atoms. The minimum atomic E-state index is 0.384. The van der Waals surface area contributed by atoms with Gasteiger partial charge in [-0.25, -0.2) is 4.98 Å². The zero-order chi connectivity index (χ0) is 7.02. The number of aromatic nitrogens is 2. The number of hydrogen-bond acceptors (Lipinski definition) is 2. The van der Waals surface area contributed by atoms with Gasteiger partial charge in [0.15, 0.2) is 5.15 Å². The lowest BCUT2D eigenvalue weighted by atomic mass is 10.7. The molecule has 0 aliphatic heterocycles. The number of imidazole rings is 1. The highest BCUT2D eigenvalue weighted by atomic mass is 35.5. The predicted molar refractivity (Wildman–Crippen MR) is 37.4 cm³/mol. The normalized spacial score (nSPS) is 10.1. The van der Waals surface area contributed by atoms with Gasteiger partial charge in [0.2, 0.25) is 0 Å². The summed E-state index contributed by atoms with van der Waals surface area (Å²) in [6, 6.07) is 0. The van der Waals surface area contributed by atoms with Crippen LogP contribution in [0.3, 0.4) is 0 Å². The average Bonchev–Trinajstić information content (AvgIpc) is 1.98. The van der Waals surface area contributed by atoms with Crippen LogP contribution in [0.25, 0.3) is 0 Å². The molecule has 0 aliphatic carbocycles. The van der Waals surface area contributed by atoms with Crippen LogP contribution >= 0.6 is 11.6 Å². The van der Waals surface area contributed by atoms with Crippen LogP contribution < -0.4 is 5.73 Å². The highest BCUT2D eigenvalue weighted by Crippen LogP contribution is 2.16. The molecule has 0 saturated carbocycles. The lowest BCUT2D eigenvalue weighted by Gasteiger charge is -1.94. The van der Waals surface area contributed by atoms with Crippen LogP contribution in [0.4, 0.5) is 5.82 Å². The monoisotopic (exact) mass is 145 g/mol. The number of rotatable bonds is 0. The van der Waals surface area contributed by atoms with Crippen LogP contribution in [-0.2, 0) is 7.05 Å². The summed E-state index contributed by atoms with van der Waals surface area (Å²) in [4.78, 5) is 3.91. The molecule has 4 heteroatoms. The van der Waals surface area contributed by atoms with Gasteiger partial charge in [0.1, 0.15) is 11.6 Å². The largest absolute Gasteiger partial charge is 0.383 e. The van der Waals surface area contributed by atoms with Gasteiger partial charge in [-0.3, -0.25) is 0 Å². The van der Waals surface area contributed by atoms with Crippen molar-refractivity contribution in [3.05, 3.63) is 11.0 Å². The molecule has 9 heavy (non-hydrogen) atoms. The first-order chi connectivity index (χ1) is 4.13. The van der Waals surface area contributed by atoms with Gasteiger partial charge in [0.25, 0.3) is 0 Å². The van der Waals surface area contributed by atoms with Gasteiger partial charge in [-0.2, -0.15) is 0 Å². The van der Waals surface area contributed by atoms with Crippen molar-refractivity contribution in [1.82, 2.24) is 9.55 Å². The Labute approximate surface area is 58.4 Å². The molecule has 2 N–H and O–H groups in total. The molecule has 0 fully saturated rings. The minimum Gasteiger partial charge on any atom is -0.383 e. The summed E-state index contributed by atoms with van der Waals surface area (Å²) >= 11 is 5.58. The van der Waals surface area contributed by atoms with Crippen LogP contribution in [0, 0.1) is 6.92 Å². The van der Waals surface area contributed by atoms with Crippen molar-refractivity contribution in [2.24, 2.45) is 7.05 Å². The van der Waals surface area contributed by atoms with Gasteiger partial charge in [-0.15, -0.1) is 0 Å². The van der Waals surface area contributed by atoms with Crippen LogP contribution in [0.1, 0.15) is 5.82 Å². The summed E-state index contributed by atoms with van der Waals surface area (Å²) in [6.07, 6.45) is 0. The second kappa shape index (κ2) is 1.92. The Kier molecular flexibility index (Phi) is 1.37. The van der Waals surface area contributed by atoms with Crippen molar-refractivity contribution >= 4 is 17.4 Å². The minimum absolute atomic E-state index is 0.384. The lowest BCUT2D eigenvalue weighted by molar-refractivity contribution is 0.868. The van der Waals surface area contributed by atoms with Gasteiger partial charge < -0.3 is 10.3 Å². The summed E-state index contributed by atoms with van der Waals surface area (Å²) in [6.45, 7) is 1.85. The van der Waals surface area contributed by atoms with E-state index in [0.29, 0.717) is 11.0 Å². The zero-order valence-corrected chi connectivity index (χ0v) is 6.11. The number of hydrogen-bond donors (Lipinski definition) is 1. The average molecular weight is 146 g/mol. The van der Waals surface area contributed by atoms with Crippen LogP contribution in [0.15, 0.2) is 0 Å². The smallest absolute Gasteiger partial charge is 0.171 e. The number of aryl methyl sites for hydroxylation is 1. The molecule has 1 heterocycles. The number of anilines is 1. The molecular formula is C5H8ClN3. The Morgan fingerprint density at radius 2 is 2.22 bits per heavy atom. The number of nitrogens with two attached hydrogens (primary N) is 1. The van der Waals surface area contributed by atoms with E-state index in [0.717, 1.165) is 5.82 Å². The molecule has 1 aromatic rings. The summed E-state index contributed by atoms with van der Waals surface area (Å²) in [7, 11) is 1.82. The van der Waals surface area contributed by atoms with E-state index in [1.807, 2.05) is 14.0 Å². The first-order valence-corrected chi connectivity index (χ1v) is 2.95. The molecule has 0 spiro atoms. The molecule has 0 atom stereocenters. The first-order valence-electron chi connectivity index (χ1n) is 2.57. The third-order valence-corrected chi connectivity index (χ3v) is 1.60. The maximum Gasteiger partial charge on any atom is 0.171 e. The number of nitrogen functional groups attached to an aromatic ring is 1. The van der Waals surface area contributed by atoms with E-state index < -0.39 is 0 Å². The second-order valence-electron chi connectivity index (χ2n) is 1.89. The Morgan fingerprint density at radius 1 is 1.67 bits per heavy atom. The SMILES string of the molecule is Cc1nc(Cl)c(N)n1C. The molecule has 0 saturated heterocycles. The van der Waals surface area contributed by atoms with E-state index in [2.05, 4.69) is 4.98 Å². The lowest BCUT2D eigenvalue weighted by Crippen LogP contribution is -1.97.